The summed E-state index contributed by atoms with van der Waals surface area (Å²) in [5, 5.41) is 4.94. The molecule has 0 saturated heterocycles. The van der Waals surface area contributed by atoms with Crippen LogP contribution < -0.4 is 5.32 Å². The molecule has 1 N–H and O–H groups in total. The van der Waals surface area contributed by atoms with Gasteiger partial charge in [0, 0.05) is 29.9 Å². The van der Waals surface area contributed by atoms with E-state index in [2.05, 4.69) is 21.3 Å². The summed E-state index contributed by atoms with van der Waals surface area (Å²) in [6, 6.07) is 6.11. The van der Waals surface area contributed by atoms with Crippen molar-refractivity contribution in [2.24, 2.45) is 0 Å². The van der Waals surface area contributed by atoms with Gasteiger partial charge in [-0.3, -0.25) is 4.79 Å². The number of hydrogen-bond donors (Lipinski definition) is 1. The van der Waals surface area contributed by atoms with E-state index in [1.807, 2.05) is 26.0 Å². The quantitative estimate of drug-likeness (QED) is 0.832. The van der Waals surface area contributed by atoms with Gasteiger partial charge in [-0.15, -0.1) is 11.3 Å². The van der Waals surface area contributed by atoms with Crippen molar-refractivity contribution >= 4 is 17.2 Å². The van der Waals surface area contributed by atoms with Crippen molar-refractivity contribution in [2.45, 2.75) is 20.4 Å². The number of carbonyl (C=O) groups excluding carboxylic acids is 1. The maximum absolute atomic E-state index is 12.1. The molecule has 0 saturated carbocycles. The zero-order valence-electron chi connectivity index (χ0n) is 12.1. The number of aryl methyl sites for hydroxylation is 1. The molecule has 4 nitrogen and oxygen atoms in total. The second kappa shape index (κ2) is 6.72. The molecule has 0 fully saturated rings. The summed E-state index contributed by atoms with van der Waals surface area (Å²) in [7, 11) is 1.62. The number of methoxy groups -OCH3 is 1. The van der Waals surface area contributed by atoms with Gasteiger partial charge in [-0.05, 0) is 31.4 Å². The molecule has 0 aliphatic carbocycles. The van der Waals surface area contributed by atoms with Crippen molar-refractivity contribution in [3.05, 3.63) is 45.4 Å². The second-order valence-electron chi connectivity index (χ2n) is 4.70. The highest BCUT2D eigenvalue weighted by atomic mass is 32.1. The Morgan fingerprint density at radius 1 is 1.45 bits per heavy atom. The lowest BCUT2D eigenvalue weighted by Crippen LogP contribution is -2.27. The standard InChI is InChI=1S/C15H20N2O2S/c1-11-9-14(15(18)16-6-7-19-3)12(2)17(11)10-13-5-4-8-20-13/h4-5,8-9H,6-7,10H2,1-3H3,(H,16,18). The molecule has 0 radical (unpaired) electrons. The van der Waals surface area contributed by atoms with Crippen molar-refractivity contribution in [1.29, 1.82) is 0 Å². The first-order valence-electron chi connectivity index (χ1n) is 6.59. The monoisotopic (exact) mass is 292 g/mol. The molecule has 2 aromatic heterocycles. The van der Waals surface area contributed by atoms with E-state index >= 15 is 0 Å². The first-order chi connectivity index (χ1) is 9.63. The van der Waals surface area contributed by atoms with Crippen LogP contribution >= 0.6 is 11.3 Å². The Bertz CT molecular complexity index is 573. The Morgan fingerprint density at radius 2 is 2.25 bits per heavy atom. The minimum atomic E-state index is -0.0346. The molecular formula is C15H20N2O2S. The molecule has 20 heavy (non-hydrogen) atoms. The largest absolute Gasteiger partial charge is 0.383 e. The summed E-state index contributed by atoms with van der Waals surface area (Å²) in [4.78, 5) is 13.4. The molecule has 0 aliphatic heterocycles. The lowest BCUT2D eigenvalue weighted by molar-refractivity contribution is 0.0936. The van der Waals surface area contributed by atoms with E-state index in [1.165, 1.54) is 4.88 Å². The fourth-order valence-electron chi connectivity index (χ4n) is 2.19. The van der Waals surface area contributed by atoms with Gasteiger partial charge in [0.15, 0.2) is 0 Å². The molecular weight excluding hydrogens is 272 g/mol. The van der Waals surface area contributed by atoms with E-state index in [0.29, 0.717) is 13.2 Å². The van der Waals surface area contributed by atoms with E-state index < -0.39 is 0 Å². The molecule has 0 atom stereocenters. The molecule has 2 heterocycles. The average Bonchev–Trinajstić information content (AvgIpc) is 3.02. The van der Waals surface area contributed by atoms with Crippen molar-refractivity contribution in [1.82, 2.24) is 9.88 Å². The fraction of sp³-hybridized carbons (Fsp3) is 0.400. The van der Waals surface area contributed by atoms with Gasteiger partial charge in [0.1, 0.15) is 0 Å². The van der Waals surface area contributed by atoms with Crippen molar-refractivity contribution in [3.8, 4) is 0 Å². The van der Waals surface area contributed by atoms with Crippen molar-refractivity contribution in [2.75, 3.05) is 20.3 Å². The zero-order valence-corrected chi connectivity index (χ0v) is 12.9. The number of carbonyl (C=O) groups is 1. The Kier molecular flexibility index (Phi) is 4.98. The van der Waals surface area contributed by atoms with E-state index in [9.17, 15) is 4.79 Å². The summed E-state index contributed by atoms with van der Waals surface area (Å²) >= 11 is 1.73. The third-order valence-corrected chi connectivity index (χ3v) is 4.17. The second-order valence-corrected chi connectivity index (χ2v) is 5.73. The smallest absolute Gasteiger partial charge is 0.253 e. The van der Waals surface area contributed by atoms with Gasteiger partial charge in [0.2, 0.25) is 0 Å². The predicted octanol–water partition coefficient (Wildman–Crippen LogP) is 2.59. The van der Waals surface area contributed by atoms with E-state index in [0.717, 1.165) is 23.5 Å². The Hall–Kier alpha value is -1.59. The number of aromatic nitrogens is 1. The Balaban J connectivity index is 2.13. The van der Waals surface area contributed by atoms with Gasteiger partial charge >= 0.3 is 0 Å². The van der Waals surface area contributed by atoms with Crippen LogP contribution in [0.25, 0.3) is 0 Å². The molecule has 0 aliphatic rings. The van der Waals surface area contributed by atoms with Gasteiger partial charge in [-0.25, -0.2) is 0 Å². The third-order valence-electron chi connectivity index (χ3n) is 3.30. The Morgan fingerprint density at radius 3 is 2.90 bits per heavy atom. The zero-order chi connectivity index (χ0) is 14.5. The van der Waals surface area contributed by atoms with E-state index in [-0.39, 0.29) is 5.91 Å². The maximum atomic E-state index is 12.1. The first-order valence-corrected chi connectivity index (χ1v) is 7.47. The van der Waals surface area contributed by atoms with Gasteiger partial charge < -0.3 is 14.6 Å². The molecule has 0 unspecified atom stereocenters. The number of nitrogens with zero attached hydrogens (tertiary/aromatic N) is 1. The number of rotatable bonds is 6. The lowest BCUT2D eigenvalue weighted by Gasteiger charge is -2.08. The third kappa shape index (κ3) is 3.29. The minimum Gasteiger partial charge on any atom is -0.383 e. The number of thiophene rings is 1. The highest BCUT2D eigenvalue weighted by Crippen LogP contribution is 2.19. The molecule has 108 valence electrons. The van der Waals surface area contributed by atoms with Crippen LogP contribution in [-0.4, -0.2) is 30.7 Å². The van der Waals surface area contributed by atoms with Gasteiger partial charge in [-0.2, -0.15) is 0 Å². The fourth-order valence-corrected chi connectivity index (χ4v) is 2.89. The normalized spacial score (nSPS) is 10.8. The summed E-state index contributed by atoms with van der Waals surface area (Å²) in [5.41, 5.74) is 2.86. The number of hydrogen-bond acceptors (Lipinski definition) is 3. The summed E-state index contributed by atoms with van der Waals surface area (Å²) in [6.45, 7) is 5.91. The van der Waals surface area contributed by atoms with Crippen LogP contribution in [0.2, 0.25) is 0 Å². The van der Waals surface area contributed by atoms with Crippen LogP contribution in [0.1, 0.15) is 26.6 Å². The first kappa shape index (κ1) is 14.8. The molecule has 0 spiro atoms. The topological polar surface area (TPSA) is 43.3 Å². The summed E-state index contributed by atoms with van der Waals surface area (Å²) < 4.78 is 7.12. The van der Waals surface area contributed by atoms with Crippen molar-refractivity contribution in [3.63, 3.8) is 0 Å². The summed E-state index contributed by atoms with van der Waals surface area (Å²) in [5.74, 6) is -0.0346. The molecule has 0 aromatic carbocycles. The lowest BCUT2D eigenvalue weighted by atomic mass is 10.2. The van der Waals surface area contributed by atoms with Gasteiger partial charge in [0.25, 0.3) is 5.91 Å². The van der Waals surface area contributed by atoms with Crippen LogP contribution in [0.3, 0.4) is 0 Å². The molecule has 5 heteroatoms. The highest BCUT2D eigenvalue weighted by molar-refractivity contribution is 7.09. The van der Waals surface area contributed by atoms with E-state index in [4.69, 9.17) is 4.74 Å². The molecule has 2 aromatic rings. The molecule has 1 amide bonds. The SMILES string of the molecule is COCCNC(=O)c1cc(C)n(Cc2cccs2)c1C. The van der Waals surface area contributed by atoms with Gasteiger partial charge in [0.05, 0.1) is 18.7 Å². The molecule has 2 rings (SSSR count). The minimum absolute atomic E-state index is 0.0346. The Labute approximate surface area is 123 Å². The summed E-state index contributed by atoms with van der Waals surface area (Å²) in [6.07, 6.45) is 0. The van der Waals surface area contributed by atoms with Gasteiger partial charge in [-0.1, -0.05) is 6.07 Å². The average molecular weight is 292 g/mol. The van der Waals surface area contributed by atoms with Crippen LogP contribution in [0.5, 0.6) is 0 Å². The highest BCUT2D eigenvalue weighted by Gasteiger charge is 2.15. The van der Waals surface area contributed by atoms with Crippen LogP contribution in [0, 0.1) is 13.8 Å². The number of ether oxygens (including phenoxy) is 1. The maximum Gasteiger partial charge on any atom is 0.253 e. The number of amides is 1. The van der Waals surface area contributed by atoms with Crippen LogP contribution in [0.4, 0.5) is 0 Å². The van der Waals surface area contributed by atoms with E-state index in [1.54, 1.807) is 18.4 Å². The van der Waals surface area contributed by atoms with Crippen LogP contribution in [0.15, 0.2) is 23.6 Å². The number of nitrogens with one attached hydrogen (secondary N) is 1. The predicted molar refractivity (Wildman–Crippen MR) is 81.5 cm³/mol. The van der Waals surface area contributed by atoms with Crippen LogP contribution in [-0.2, 0) is 11.3 Å². The molecule has 0 bridgehead atoms. The van der Waals surface area contributed by atoms with Crippen molar-refractivity contribution < 1.29 is 9.53 Å².